The molecule has 0 spiro atoms. The van der Waals surface area contributed by atoms with Gasteiger partial charge in [0.05, 0.1) is 6.54 Å². The molecule has 1 amide bonds. The lowest BCUT2D eigenvalue weighted by Gasteiger charge is -2.39. The SMILES string of the molecule is C[C@H]1CN(C(=O)CN2CCN(c3ccccn3)CC2)C[C@H](C)N1. The largest absolute Gasteiger partial charge is 0.354 e. The van der Waals surface area contributed by atoms with Crippen LogP contribution in [0.4, 0.5) is 5.82 Å². The first-order valence-electron chi connectivity index (χ1n) is 8.54. The van der Waals surface area contributed by atoms with Crippen LogP contribution in [0.3, 0.4) is 0 Å². The van der Waals surface area contributed by atoms with E-state index < -0.39 is 0 Å². The molecule has 0 saturated carbocycles. The van der Waals surface area contributed by atoms with Crippen LogP contribution in [-0.2, 0) is 4.79 Å². The van der Waals surface area contributed by atoms with Crippen LogP contribution in [0.15, 0.2) is 24.4 Å². The predicted molar refractivity (Wildman–Crippen MR) is 91.5 cm³/mol. The van der Waals surface area contributed by atoms with Crippen molar-refractivity contribution in [2.75, 3.05) is 50.7 Å². The van der Waals surface area contributed by atoms with Gasteiger partial charge in [0.25, 0.3) is 0 Å². The number of anilines is 1. The first-order valence-corrected chi connectivity index (χ1v) is 8.54. The Balaban J connectivity index is 1.48. The molecule has 126 valence electrons. The summed E-state index contributed by atoms with van der Waals surface area (Å²) in [5, 5.41) is 3.47. The average molecular weight is 317 g/mol. The van der Waals surface area contributed by atoms with Gasteiger partial charge in [0, 0.05) is 57.5 Å². The fourth-order valence-electron chi connectivity index (χ4n) is 3.50. The zero-order valence-electron chi connectivity index (χ0n) is 14.1. The van der Waals surface area contributed by atoms with Gasteiger partial charge in [-0.1, -0.05) is 6.07 Å². The van der Waals surface area contributed by atoms with Crippen molar-refractivity contribution in [1.29, 1.82) is 0 Å². The lowest BCUT2D eigenvalue weighted by atomic mass is 10.1. The monoisotopic (exact) mass is 317 g/mol. The summed E-state index contributed by atoms with van der Waals surface area (Å²) in [6.07, 6.45) is 1.83. The number of hydrogen-bond acceptors (Lipinski definition) is 5. The molecule has 1 N–H and O–H groups in total. The fraction of sp³-hybridized carbons (Fsp3) is 0.647. The van der Waals surface area contributed by atoms with Crippen LogP contribution in [-0.4, -0.2) is 78.6 Å². The van der Waals surface area contributed by atoms with Crippen LogP contribution in [0.2, 0.25) is 0 Å². The number of carbonyl (C=O) groups excluding carboxylic acids is 1. The number of piperazine rings is 2. The van der Waals surface area contributed by atoms with Crippen molar-refractivity contribution in [1.82, 2.24) is 20.1 Å². The molecule has 6 heteroatoms. The molecule has 0 aromatic carbocycles. The van der Waals surface area contributed by atoms with Gasteiger partial charge in [-0.05, 0) is 26.0 Å². The second-order valence-electron chi connectivity index (χ2n) is 6.72. The van der Waals surface area contributed by atoms with Crippen LogP contribution < -0.4 is 10.2 Å². The molecule has 2 atom stereocenters. The molecule has 2 saturated heterocycles. The summed E-state index contributed by atoms with van der Waals surface area (Å²) < 4.78 is 0. The number of aromatic nitrogens is 1. The number of amides is 1. The Hall–Kier alpha value is -1.66. The first-order chi connectivity index (χ1) is 11.1. The normalized spacial score (nSPS) is 26.3. The highest BCUT2D eigenvalue weighted by molar-refractivity contribution is 5.78. The quantitative estimate of drug-likeness (QED) is 0.875. The molecule has 6 nitrogen and oxygen atoms in total. The Morgan fingerprint density at radius 2 is 1.87 bits per heavy atom. The van der Waals surface area contributed by atoms with E-state index in [-0.39, 0.29) is 5.91 Å². The van der Waals surface area contributed by atoms with Gasteiger partial charge in [-0.15, -0.1) is 0 Å². The number of pyridine rings is 1. The second-order valence-corrected chi connectivity index (χ2v) is 6.72. The third-order valence-electron chi connectivity index (χ3n) is 4.61. The van der Waals surface area contributed by atoms with Crippen molar-refractivity contribution in [2.45, 2.75) is 25.9 Å². The highest BCUT2D eigenvalue weighted by Crippen LogP contribution is 2.13. The standard InChI is InChI=1S/C17H27N5O/c1-14-11-22(12-15(2)19-14)17(23)13-20-7-9-21(10-8-20)16-5-3-4-6-18-16/h3-6,14-15,19H,7-13H2,1-2H3/t14-,15-/m0/s1. The lowest BCUT2D eigenvalue weighted by molar-refractivity contribution is -0.134. The molecule has 2 fully saturated rings. The Kier molecular flexibility index (Phi) is 5.13. The fourth-order valence-corrected chi connectivity index (χ4v) is 3.50. The number of rotatable bonds is 3. The maximum absolute atomic E-state index is 12.5. The summed E-state index contributed by atoms with van der Waals surface area (Å²) in [7, 11) is 0. The molecule has 3 rings (SSSR count). The minimum Gasteiger partial charge on any atom is -0.354 e. The highest BCUT2D eigenvalue weighted by Gasteiger charge is 2.27. The van der Waals surface area contributed by atoms with Crippen LogP contribution in [0.1, 0.15) is 13.8 Å². The van der Waals surface area contributed by atoms with Crippen LogP contribution in [0, 0.1) is 0 Å². The third kappa shape index (κ3) is 4.20. The van der Waals surface area contributed by atoms with Crippen LogP contribution >= 0.6 is 0 Å². The number of hydrogen-bond donors (Lipinski definition) is 1. The third-order valence-corrected chi connectivity index (χ3v) is 4.61. The molecule has 2 aliphatic heterocycles. The Bertz CT molecular complexity index is 505. The van der Waals surface area contributed by atoms with Gasteiger partial charge in [0.15, 0.2) is 0 Å². The van der Waals surface area contributed by atoms with Crippen molar-refractivity contribution in [3.05, 3.63) is 24.4 Å². The number of carbonyl (C=O) groups is 1. The molecule has 3 heterocycles. The van der Waals surface area contributed by atoms with Gasteiger partial charge in [0.1, 0.15) is 5.82 Å². The topological polar surface area (TPSA) is 51.7 Å². The predicted octanol–water partition coefficient (Wildman–Crippen LogP) is 0.412. The molecule has 0 radical (unpaired) electrons. The minimum absolute atomic E-state index is 0.261. The van der Waals surface area contributed by atoms with E-state index in [1.165, 1.54) is 0 Å². The number of nitrogens with one attached hydrogen (secondary N) is 1. The smallest absolute Gasteiger partial charge is 0.236 e. The molecule has 1 aromatic heterocycles. The zero-order valence-corrected chi connectivity index (χ0v) is 14.1. The molecule has 0 unspecified atom stereocenters. The van der Waals surface area contributed by atoms with Gasteiger partial charge in [-0.25, -0.2) is 4.98 Å². The molecule has 1 aromatic rings. The van der Waals surface area contributed by atoms with E-state index in [0.29, 0.717) is 18.6 Å². The van der Waals surface area contributed by atoms with E-state index in [2.05, 4.69) is 33.9 Å². The summed E-state index contributed by atoms with van der Waals surface area (Å²) in [5.41, 5.74) is 0. The summed E-state index contributed by atoms with van der Waals surface area (Å²) in [6.45, 7) is 10.1. The summed E-state index contributed by atoms with van der Waals surface area (Å²) in [5.74, 6) is 1.29. The van der Waals surface area contributed by atoms with Gasteiger partial charge >= 0.3 is 0 Å². The maximum Gasteiger partial charge on any atom is 0.236 e. The average Bonchev–Trinajstić information content (AvgIpc) is 2.55. The van der Waals surface area contributed by atoms with Crippen molar-refractivity contribution in [3.63, 3.8) is 0 Å². The van der Waals surface area contributed by atoms with Crippen molar-refractivity contribution in [2.24, 2.45) is 0 Å². The van der Waals surface area contributed by atoms with Gasteiger partial charge < -0.3 is 15.1 Å². The Labute approximate surface area is 138 Å². The summed E-state index contributed by atoms with van der Waals surface area (Å²) in [4.78, 5) is 23.5. The van der Waals surface area contributed by atoms with E-state index in [4.69, 9.17) is 0 Å². The molecule has 2 aliphatic rings. The van der Waals surface area contributed by atoms with E-state index in [1.54, 1.807) is 0 Å². The maximum atomic E-state index is 12.5. The Morgan fingerprint density at radius 1 is 1.17 bits per heavy atom. The van der Waals surface area contributed by atoms with Crippen LogP contribution in [0.25, 0.3) is 0 Å². The van der Waals surface area contributed by atoms with Gasteiger partial charge in [0.2, 0.25) is 5.91 Å². The van der Waals surface area contributed by atoms with Crippen LogP contribution in [0.5, 0.6) is 0 Å². The van der Waals surface area contributed by atoms with Crippen molar-refractivity contribution >= 4 is 11.7 Å². The van der Waals surface area contributed by atoms with Crippen molar-refractivity contribution in [3.8, 4) is 0 Å². The zero-order chi connectivity index (χ0) is 16.2. The van der Waals surface area contributed by atoms with Gasteiger partial charge in [-0.3, -0.25) is 9.69 Å². The molecule has 0 bridgehead atoms. The van der Waals surface area contributed by atoms with E-state index in [9.17, 15) is 4.79 Å². The van der Waals surface area contributed by atoms with Gasteiger partial charge in [-0.2, -0.15) is 0 Å². The van der Waals surface area contributed by atoms with E-state index in [0.717, 1.165) is 45.1 Å². The molecule has 23 heavy (non-hydrogen) atoms. The summed E-state index contributed by atoms with van der Waals surface area (Å²) >= 11 is 0. The van der Waals surface area contributed by atoms with Crippen molar-refractivity contribution < 1.29 is 4.79 Å². The van der Waals surface area contributed by atoms with E-state index >= 15 is 0 Å². The highest BCUT2D eigenvalue weighted by atomic mass is 16.2. The number of nitrogens with zero attached hydrogens (tertiary/aromatic N) is 4. The molecule has 0 aliphatic carbocycles. The van der Waals surface area contributed by atoms with E-state index in [1.807, 2.05) is 29.3 Å². The lowest BCUT2D eigenvalue weighted by Crippen LogP contribution is -2.58. The Morgan fingerprint density at radius 3 is 2.48 bits per heavy atom. The minimum atomic E-state index is 0.261. The molecular formula is C17H27N5O. The summed E-state index contributed by atoms with van der Waals surface area (Å²) in [6, 6.07) is 6.76. The second kappa shape index (κ2) is 7.27. The first kappa shape index (κ1) is 16.2. The molecular weight excluding hydrogens is 290 g/mol.